The van der Waals surface area contributed by atoms with Crippen molar-refractivity contribution in [2.45, 2.75) is 25.7 Å². The van der Waals surface area contributed by atoms with Crippen LogP contribution in [0.25, 0.3) is 32.2 Å². The Morgan fingerprint density at radius 1 is 1.13 bits per heavy atom. The normalized spacial score (nSPS) is 19.9. The van der Waals surface area contributed by atoms with E-state index in [-0.39, 0.29) is 50.6 Å². The molecule has 12 heteroatoms. The lowest BCUT2D eigenvalue weighted by molar-refractivity contribution is 0.135. The van der Waals surface area contributed by atoms with Crippen molar-refractivity contribution in [2.24, 2.45) is 0 Å². The van der Waals surface area contributed by atoms with Crippen LogP contribution in [0.15, 0.2) is 12.4 Å². The van der Waals surface area contributed by atoms with Crippen LogP contribution in [0.1, 0.15) is 23.1 Å². The number of hydrogen-bond acceptors (Lipinski definition) is 10. The predicted octanol–water partition coefficient (Wildman–Crippen LogP) is 3.15. The van der Waals surface area contributed by atoms with E-state index in [0.717, 1.165) is 68.8 Å². The van der Waals surface area contributed by atoms with Gasteiger partial charge in [-0.25, -0.2) is 18.7 Å². The molecule has 0 aliphatic carbocycles. The van der Waals surface area contributed by atoms with Gasteiger partial charge >= 0.3 is 0 Å². The summed E-state index contributed by atoms with van der Waals surface area (Å²) in [5.74, 6) is -0.706. The van der Waals surface area contributed by atoms with Crippen molar-refractivity contribution in [1.82, 2.24) is 25.2 Å². The molecule has 0 saturated carbocycles. The molecule has 38 heavy (non-hydrogen) atoms. The lowest BCUT2D eigenvalue weighted by Crippen LogP contribution is -2.49. The van der Waals surface area contributed by atoms with Crippen molar-refractivity contribution in [3.05, 3.63) is 40.7 Å². The fraction of sp³-hybridized carbons (Fsp3) is 0.385. The van der Waals surface area contributed by atoms with Gasteiger partial charge in [-0.05, 0) is 17.5 Å². The van der Waals surface area contributed by atoms with Crippen LogP contribution in [0.2, 0.25) is 0 Å². The SMILES string of the molecule is N#Cc1c(N)sc2c(F)cnc(-c3c4c(c5cnc(N6CC[C@H](N7CCNCC7)C6)nc5c3F)COC4)c12. The minimum Gasteiger partial charge on any atom is -0.389 e. The van der Waals surface area contributed by atoms with E-state index in [4.69, 9.17) is 15.5 Å². The van der Waals surface area contributed by atoms with Gasteiger partial charge in [-0.1, -0.05) is 0 Å². The molecule has 9 nitrogen and oxygen atoms in total. The minimum atomic E-state index is -0.603. The number of nitrogens with two attached hydrogens (primary N) is 1. The van der Waals surface area contributed by atoms with E-state index in [1.807, 2.05) is 6.07 Å². The van der Waals surface area contributed by atoms with Gasteiger partial charge in [0.2, 0.25) is 5.95 Å². The minimum absolute atomic E-state index is 0.0959. The maximum Gasteiger partial charge on any atom is 0.226 e. The second kappa shape index (κ2) is 9.06. The summed E-state index contributed by atoms with van der Waals surface area (Å²) < 4.78 is 37.0. The Morgan fingerprint density at radius 3 is 2.76 bits per heavy atom. The molecule has 0 spiro atoms. The smallest absolute Gasteiger partial charge is 0.226 e. The topological polar surface area (TPSA) is 116 Å². The van der Waals surface area contributed by atoms with Crippen molar-refractivity contribution in [3.8, 4) is 17.3 Å². The third kappa shape index (κ3) is 3.54. The molecule has 7 rings (SSSR count). The third-order valence-corrected chi connectivity index (χ3v) is 8.87. The number of pyridine rings is 1. The largest absolute Gasteiger partial charge is 0.389 e. The molecule has 0 radical (unpaired) electrons. The Bertz CT molecular complexity index is 1640. The van der Waals surface area contributed by atoms with Crippen molar-refractivity contribution in [1.29, 1.82) is 5.26 Å². The van der Waals surface area contributed by atoms with Crippen LogP contribution in [-0.4, -0.2) is 65.2 Å². The van der Waals surface area contributed by atoms with E-state index >= 15 is 4.39 Å². The molecule has 0 unspecified atom stereocenters. The Morgan fingerprint density at radius 2 is 1.95 bits per heavy atom. The van der Waals surface area contributed by atoms with Gasteiger partial charge in [0, 0.05) is 67.8 Å². The van der Waals surface area contributed by atoms with Gasteiger partial charge in [-0.3, -0.25) is 9.88 Å². The molecular weight excluding hydrogens is 510 g/mol. The number of ether oxygens (including phenoxy) is 1. The molecule has 3 N–H and O–H groups in total. The van der Waals surface area contributed by atoms with Gasteiger partial charge in [0.1, 0.15) is 16.6 Å². The number of fused-ring (bicyclic) bond motifs is 4. The lowest BCUT2D eigenvalue weighted by Gasteiger charge is -2.32. The maximum absolute atomic E-state index is 16.5. The summed E-state index contributed by atoms with van der Waals surface area (Å²) in [6.07, 6.45) is 3.72. The standard InChI is InChI=1S/C26H24F2N8OS/c27-18-9-32-23(20-14(7-29)25(30)38-24(18)20)19-17-12-37-11-16(17)15-8-33-26(34-22(15)21(19)28)36-4-1-13(10-36)35-5-2-31-3-6-35/h8-9,13,31H,1-6,10-12,30H2/t13-/m0/s1. The van der Waals surface area contributed by atoms with Crippen LogP contribution in [0.5, 0.6) is 0 Å². The molecule has 3 aromatic heterocycles. The number of nitrogens with one attached hydrogen (secondary N) is 1. The Hall–Kier alpha value is -3.50. The first-order chi connectivity index (χ1) is 18.5. The Kier molecular flexibility index (Phi) is 5.63. The first-order valence-electron chi connectivity index (χ1n) is 12.6. The Labute approximate surface area is 220 Å². The van der Waals surface area contributed by atoms with E-state index in [1.54, 1.807) is 6.20 Å². The summed E-state index contributed by atoms with van der Waals surface area (Å²) in [6.45, 7) is 6.01. The average Bonchev–Trinajstić information content (AvgIpc) is 3.69. The number of anilines is 2. The molecular formula is C26H24F2N8OS. The highest BCUT2D eigenvalue weighted by molar-refractivity contribution is 7.23. The lowest BCUT2D eigenvalue weighted by atomic mass is 9.94. The molecule has 3 aliphatic heterocycles. The van der Waals surface area contributed by atoms with Crippen LogP contribution in [-0.2, 0) is 18.0 Å². The van der Waals surface area contributed by atoms with E-state index in [1.165, 1.54) is 0 Å². The first kappa shape index (κ1) is 23.6. The van der Waals surface area contributed by atoms with Gasteiger partial charge in [-0.15, -0.1) is 11.3 Å². The van der Waals surface area contributed by atoms with Gasteiger partial charge in [0.05, 0.1) is 35.4 Å². The van der Waals surface area contributed by atoms with Crippen LogP contribution in [0, 0.1) is 23.0 Å². The second-order valence-corrected chi connectivity index (χ2v) is 10.9. The number of benzene rings is 1. The summed E-state index contributed by atoms with van der Waals surface area (Å²) in [5, 5.41) is 14.1. The molecule has 0 bridgehead atoms. The zero-order valence-corrected chi connectivity index (χ0v) is 21.2. The summed E-state index contributed by atoms with van der Waals surface area (Å²) in [5.41, 5.74) is 8.03. The highest BCUT2D eigenvalue weighted by atomic mass is 32.1. The average molecular weight is 535 g/mol. The molecule has 1 atom stereocenters. The number of thiophene rings is 1. The third-order valence-electron chi connectivity index (χ3n) is 7.85. The molecule has 3 aliphatic rings. The fourth-order valence-electron chi connectivity index (χ4n) is 5.96. The fourth-order valence-corrected chi connectivity index (χ4v) is 6.88. The number of hydrogen-bond donors (Lipinski definition) is 2. The zero-order valence-electron chi connectivity index (χ0n) is 20.4. The molecule has 2 fully saturated rings. The highest BCUT2D eigenvalue weighted by Gasteiger charge is 2.32. The molecule has 2 saturated heterocycles. The molecule has 4 aromatic rings. The van der Waals surface area contributed by atoms with E-state index in [2.05, 4.69) is 25.1 Å². The molecule has 6 heterocycles. The molecule has 0 amide bonds. The second-order valence-electron chi connectivity index (χ2n) is 9.86. The van der Waals surface area contributed by atoms with Crippen molar-refractivity contribution >= 4 is 43.3 Å². The first-order valence-corrected chi connectivity index (χ1v) is 13.4. The van der Waals surface area contributed by atoms with E-state index in [9.17, 15) is 9.65 Å². The number of rotatable bonds is 3. The van der Waals surface area contributed by atoms with Crippen molar-refractivity contribution < 1.29 is 13.5 Å². The summed E-state index contributed by atoms with van der Waals surface area (Å²) in [6, 6.07) is 2.45. The summed E-state index contributed by atoms with van der Waals surface area (Å²) in [4.78, 5) is 18.2. The number of nitrogen functional groups attached to an aromatic ring is 1. The highest BCUT2D eigenvalue weighted by Crippen LogP contribution is 2.45. The number of aromatic nitrogens is 3. The predicted molar refractivity (Wildman–Crippen MR) is 141 cm³/mol. The van der Waals surface area contributed by atoms with Gasteiger partial charge in [0.15, 0.2) is 11.6 Å². The summed E-state index contributed by atoms with van der Waals surface area (Å²) >= 11 is 0.959. The number of nitriles is 1. The molecule has 1 aromatic carbocycles. The number of nitrogens with zero attached hydrogens (tertiary/aromatic N) is 6. The van der Waals surface area contributed by atoms with Crippen LogP contribution < -0.4 is 16.0 Å². The maximum atomic E-state index is 16.5. The van der Waals surface area contributed by atoms with Crippen LogP contribution >= 0.6 is 11.3 Å². The van der Waals surface area contributed by atoms with Gasteiger partial charge in [0.25, 0.3) is 0 Å². The molecule has 194 valence electrons. The van der Waals surface area contributed by atoms with Crippen LogP contribution in [0.4, 0.5) is 19.7 Å². The summed E-state index contributed by atoms with van der Waals surface area (Å²) in [7, 11) is 0. The zero-order chi connectivity index (χ0) is 26.0. The van der Waals surface area contributed by atoms with Crippen molar-refractivity contribution in [3.63, 3.8) is 0 Å². The van der Waals surface area contributed by atoms with Gasteiger partial charge < -0.3 is 20.7 Å². The monoisotopic (exact) mass is 534 g/mol. The van der Waals surface area contributed by atoms with E-state index in [0.29, 0.717) is 22.9 Å². The Balaban J connectivity index is 1.37. The van der Waals surface area contributed by atoms with E-state index < -0.39 is 11.6 Å². The number of halogens is 2. The van der Waals surface area contributed by atoms with Crippen LogP contribution in [0.3, 0.4) is 0 Å². The van der Waals surface area contributed by atoms with Gasteiger partial charge in [-0.2, -0.15) is 5.26 Å². The number of piperazine rings is 1. The van der Waals surface area contributed by atoms with Crippen molar-refractivity contribution in [2.75, 3.05) is 49.9 Å². The quantitative estimate of drug-likeness (QED) is 0.409.